The molecule has 1 aromatic heterocycles. The van der Waals surface area contributed by atoms with Crippen molar-refractivity contribution < 1.29 is 9.21 Å². The minimum atomic E-state index is 0. The largest absolute Gasteiger partial charge is 0.469 e. The van der Waals surface area contributed by atoms with Gasteiger partial charge in [0, 0.05) is 38.2 Å². The monoisotopic (exact) mass is 498 g/mol. The number of guanidine groups is 1. The molecule has 0 atom stereocenters. The van der Waals surface area contributed by atoms with Gasteiger partial charge >= 0.3 is 0 Å². The number of aliphatic imine (C=N–C) groups is 1. The van der Waals surface area contributed by atoms with Gasteiger partial charge in [0.25, 0.3) is 5.91 Å². The molecule has 0 saturated carbocycles. The zero-order chi connectivity index (χ0) is 19.5. The van der Waals surface area contributed by atoms with Gasteiger partial charge in [0.15, 0.2) is 5.96 Å². The normalized spacial score (nSPS) is 10.9. The number of furan rings is 1. The fraction of sp³-hybridized carbons (Fsp3) is 0.429. The molecule has 1 heterocycles. The van der Waals surface area contributed by atoms with Crippen LogP contribution in [-0.4, -0.2) is 42.9 Å². The van der Waals surface area contributed by atoms with E-state index in [-0.39, 0.29) is 29.9 Å². The van der Waals surface area contributed by atoms with E-state index in [1.807, 2.05) is 62.1 Å². The number of carbonyl (C=O) groups excluding carboxylic acids is 1. The van der Waals surface area contributed by atoms with Crippen molar-refractivity contribution >= 4 is 35.8 Å². The predicted molar refractivity (Wildman–Crippen MR) is 124 cm³/mol. The van der Waals surface area contributed by atoms with E-state index in [9.17, 15) is 4.79 Å². The Morgan fingerprint density at radius 3 is 2.36 bits per heavy atom. The number of nitrogens with zero attached hydrogens (tertiary/aromatic N) is 2. The first kappa shape index (κ1) is 24.0. The van der Waals surface area contributed by atoms with Gasteiger partial charge in [-0.15, -0.1) is 24.0 Å². The van der Waals surface area contributed by atoms with Gasteiger partial charge in [0.2, 0.25) is 0 Å². The predicted octanol–water partition coefficient (Wildman–Crippen LogP) is 3.68. The summed E-state index contributed by atoms with van der Waals surface area (Å²) in [4.78, 5) is 18.8. The van der Waals surface area contributed by atoms with Gasteiger partial charge in [0.05, 0.1) is 12.8 Å². The quantitative estimate of drug-likeness (QED) is 0.315. The summed E-state index contributed by atoms with van der Waals surface area (Å²) in [7, 11) is 0. The zero-order valence-corrected chi connectivity index (χ0v) is 19.2. The van der Waals surface area contributed by atoms with Crippen LogP contribution < -0.4 is 10.6 Å². The van der Waals surface area contributed by atoms with Crippen molar-refractivity contribution in [3.05, 3.63) is 59.5 Å². The molecule has 1 amide bonds. The molecule has 0 saturated heterocycles. The van der Waals surface area contributed by atoms with Gasteiger partial charge < -0.3 is 20.0 Å². The van der Waals surface area contributed by atoms with Crippen LogP contribution in [0.5, 0.6) is 0 Å². The van der Waals surface area contributed by atoms with Crippen LogP contribution in [-0.2, 0) is 13.0 Å². The minimum absolute atomic E-state index is 0. The SMILES string of the molecule is CCNC(=NCc1ccc(C(=O)N(CC)CC)cc1)NCCc1ccco1.I. The second-order valence-electron chi connectivity index (χ2n) is 6.13. The van der Waals surface area contributed by atoms with E-state index in [0.717, 1.165) is 55.4 Å². The molecule has 0 unspecified atom stereocenters. The lowest BCUT2D eigenvalue weighted by molar-refractivity contribution is 0.0773. The number of benzene rings is 1. The Kier molecular flexibility index (Phi) is 11.3. The molecular weight excluding hydrogens is 467 g/mol. The van der Waals surface area contributed by atoms with E-state index < -0.39 is 0 Å². The van der Waals surface area contributed by atoms with Crippen molar-refractivity contribution in [1.29, 1.82) is 0 Å². The first-order chi connectivity index (χ1) is 13.2. The summed E-state index contributed by atoms with van der Waals surface area (Å²) < 4.78 is 5.34. The number of rotatable bonds is 9. The molecule has 2 aromatic rings. The summed E-state index contributed by atoms with van der Waals surface area (Å²) >= 11 is 0. The number of amides is 1. The molecule has 1 aromatic carbocycles. The maximum atomic E-state index is 12.4. The zero-order valence-electron chi connectivity index (χ0n) is 16.9. The van der Waals surface area contributed by atoms with Crippen LogP contribution in [0.4, 0.5) is 0 Å². The van der Waals surface area contributed by atoms with Crippen molar-refractivity contribution in [3.63, 3.8) is 0 Å². The second-order valence-corrected chi connectivity index (χ2v) is 6.13. The standard InChI is InChI=1S/C21H30N4O2.HI/c1-4-22-21(23-14-13-19-8-7-15-27-19)24-16-17-9-11-18(12-10-17)20(26)25(5-2)6-3;/h7-12,15H,4-6,13-14,16H2,1-3H3,(H2,22,23,24);1H. The maximum Gasteiger partial charge on any atom is 0.253 e. The molecule has 0 aliphatic carbocycles. The highest BCUT2D eigenvalue weighted by atomic mass is 127. The first-order valence-corrected chi connectivity index (χ1v) is 9.60. The molecule has 2 N–H and O–H groups in total. The third-order valence-electron chi connectivity index (χ3n) is 4.26. The van der Waals surface area contributed by atoms with Crippen molar-refractivity contribution in [3.8, 4) is 0 Å². The summed E-state index contributed by atoms with van der Waals surface area (Å²) in [5, 5.41) is 6.55. The van der Waals surface area contributed by atoms with Gasteiger partial charge in [0.1, 0.15) is 5.76 Å². The molecule has 0 spiro atoms. The molecule has 6 nitrogen and oxygen atoms in total. The van der Waals surface area contributed by atoms with Gasteiger partial charge in [-0.25, -0.2) is 4.99 Å². The molecule has 0 fully saturated rings. The lowest BCUT2D eigenvalue weighted by Gasteiger charge is -2.18. The summed E-state index contributed by atoms with van der Waals surface area (Å²) in [5.74, 6) is 1.79. The molecule has 28 heavy (non-hydrogen) atoms. The van der Waals surface area contributed by atoms with Crippen LogP contribution in [0.15, 0.2) is 52.1 Å². The Balaban J connectivity index is 0.00000392. The highest BCUT2D eigenvalue weighted by molar-refractivity contribution is 14.0. The third-order valence-corrected chi connectivity index (χ3v) is 4.26. The topological polar surface area (TPSA) is 69.9 Å². The molecule has 0 aliphatic heterocycles. The molecule has 0 bridgehead atoms. The highest BCUT2D eigenvalue weighted by Crippen LogP contribution is 2.09. The van der Waals surface area contributed by atoms with E-state index in [4.69, 9.17) is 4.42 Å². The summed E-state index contributed by atoms with van der Waals surface area (Å²) in [6.45, 7) is 9.55. The fourth-order valence-corrected chi connectivity index (χ4v) is 2.72. The van der Waals surface area contributed by atoms with Crippen LogP contribution in [0.3, 0.4) is 0 Å². The molecule has 0 radical (unpaired) electrons. The van der Waals surface area contributed by atoms with Crippen LogP contribution in [0.1, 0.15) is 42.5 Å². The van der Waals surface area contributed by atoms with Crippen LogP contribution in [0, 0.1) is 0 Å². The summed E-state index contributed by atoms with van der Waals surface area (Å²) in [6.07, 6.45) is 2.49. The van der Waals surface area contributed by atoms with E-state index in [1.165, 1.54) is 0 Å². The summed E-state index contributed by atoms with van der Waals surface area (Å²) in [5.41, 5.74) is 1.78. The lowest BCUT2D eigenvalue weighted by atomic mass is 10.1. The minimum Gasteiger partial charge on any atom is -0.469 e. The van der Waals surface area contributed by atoms with Gasteiger partial charge in [-0.2, -0.15) is 0 Å². The fourth-order valence-electron chi connectivity index (χ4n) is 2.72. The average molecular weight is 498 g/mol. The number of nitrogens with one attached hydrogen (secondary N) is 2. The molecule has 2 rings (SSSR count). The Bertz CT molecular complexity index is 711. The molecular formula is C21H31IN4O2. The van der Waals surface area contributed by atoms with Crippen LogP contribution in [0.2, 0.25) is 0 Å². The molecule has 154 valence electrons. The van der Waals surface area contributed by atoms with Gasteiger partial charge in [-0.1, -0.05) is 12.1 Å². The Labute approximate surface area is 184 Å². The average Bonchev–Trinajstić information content (AvgIpc) is 3.21. The van der Waals surface area contributed by atoms with E-state index in [2.05, 4.69) is 15.6 Å². The van der Waals surface area contributed by atoms with Crippen molar-refractivity contribution in [1.82, 2.24) is 15.5 Å². The highest BCUT2D eigenvalue weighted by Gasteiger charge is 2.11. The maximum absolute atomic E-state index is 12.4. The number of halogens is 1. The van der Waals surface area contributed by atoms with Crippen LogP contribution >= 0.6 is 24.0 Å². The van der Waals surface area contributed by atoms with E-state index in [0.29, 0.717) is 6.54 Å². The summed E-state index contributed by atoms with van der Waals surface area (Å²) in [6, 6.07) is 11.5. The third kappa shape index (κ3) is 7.53. The number of hydrogen-bond acceptors (Lipinski definition) is 3. The Morgan fingerprint density at radius 1 is 1.07 bits per heavy atom. The lowest BCUT2D eigenvalue weighted by Crippen LogP contribution is -2.38. The molecule has 0 aliphatic rings. The molecule has 7 heteroatoms. The smallest absolute Gasteiger partial charge is 0.253 e. The van der Waals surface area contributed by atoms with Crippen molar-refractivity contribution in [2.24, 2.45) is 4.99 Å². The van der Waals surface area contributed by atoms with Crippen molar-refractivity contribution in [2.75, 3.05) is 26.2 Å². The number of hydrogen-bond donors (Lipinski definition) is 2. The Morgan fingerprint density at radius 2 is 1.79 bits per heavy atom. The second kappa shape index (κ2) is 13.2. The first-order valence-electron chi connectivity index (χ1n) is 9.60. The van der Waals surface area contributed by atoms with Crippen molar-refractivity contribution in [2.45, 2.75) is 33.7 Å². The Hall–Kier alpha value is -2.03. The number of carbonyl (C=O) groups is 1. The van der Waals surface area contributed by atoms with Gasteiger partial charge in [-0.05, 0) is 50.6 Å². The van der Waals surface area contributed by atoms with E-state index >= 15 is 0 Å². The van der Waals surface area contributed by atoms with Gasteiger partial charge in [-0.3, -0.25) is 4.79 Å². The van der Waals surface area contributed by atoms with E-state index in [1.54, 1.807) is 6.26 Å². The van der Waals surface area contributed by atoms with Crippen LogP contribution in [0.25, 0.3) is 0 Å².